The summed E-state index contributed by atoms with van der Waals surface area (Å²) < 4.78 is 23.0. The summed E-state index contributed by atoms with van der Waals surface area (Å²) in [4.78, 5) is 12.3. The number of hydrogen-bond acceptors (Lipinski definition) is 4. The highest BCUT2D eigenvalue weighted by Crippen LogP contribution is 2.25. The van der Waals surface area contributed by atoms with Crippen LogP contribution in [0.15, 0.2) is 17.0 Å². The number of primary sulfonamides is 1. The SMILES string of the molecule is Cc1cc(S(N)(=O)=O)cc(NC(=O)C2CCNCC2)c1C. The molecule has 7 heteroatoms. The predicted octanol–water partition coefficient (Wildman–Crippen LogP) is 0.889. The van der Waals surface area contributed by atoms with Crippen LogP contribution >= 0.6 is 0 Å². The van der Waals surface area contributed by atoms with Crippen molar-refractivity contribution in [2.24, 2.45) is 11.1 Å². The number of nitrogens with two attached hydrogens (primary N) is 1. The van der Waals surface area contributed by atoms with Crippen LogP contribution in [0.1, 0.15) is 24.0 Å². The lowest BCUT2D eigenvalue weighted by molar-refractivity contribution is -0.120. The van der Waals surface area contributed by atoms with E-state index in [0.29, 0.717) is 5.69 Å². The molecule has 1 heterocycles. The summed E-state index contributed by atoms with van der Waals surface area (Å²) >= 11 is 0. The lowest BCUT2D eigenvalue weighted by Crippen LogP contribution is -2.34. The third kappa shape index (κ3) is 3.81. The van der Waals surface area contributed by atoms with Gasteiger partial charge in [0.15, 0.2) is 0 Å². The number of carbonyl (C=O) groups is 1. The molecule has 0 spiro atoms. The van der Waals surface area contributed by atoms with E-state index in [4.69, 9.17) is 5.14 Å². The fraction of sp³-hybridized carbons (Fsp3) is 0.500. The van der Waals surface area contributed by atoms with E-state index in [1.165, 1.54) is 12.1 Å². The number of hydrogen-bond donors (Lipinski definition) is 3. The van der Waals surface area contributed by atoms with Gasteiger partial charge in [-0.15, -0.1) is 0 Å². The first-order valence-electron chi connectivity index (χ1n) is 6.94. The Morgan fingerprint density at radius 2 is 1.90 bits per heavy atom. The van der Waals surface area contributed by atoms with Gasteiger partial charge in [-0.2, -0.15) is 0 Å². The smallest absolute Gasteiger partial charge is 0.238 e. The first kappa shape index (κ1) is 15.9. The van der Waals surface area contributed by atoms with E-state index >= 15 is 0 Å². The minimum atomic E-state index is -3.79. The van der Waals surface area contributed by atoms with Crippen molar-refractivity contribution in [2.75, 3.05) is 18.4 Å². The second-order valence-electron chi connectivity index (χ2n) is 5.47. The summed E-state index contributed by atoms with van der Waals surface area (Å²) in [6.07, 6.45) is 1.58. The first-order chi connectivity index (χ1) is 9.79. The molecule has 2 rings (SSSR count). The largest absolute Gasteiger partial charge is 0.326 e. The van der Waals surface area contributed by atoms with Crippen LogP contribution in [0.4, 0.5) is 5.69 Å². The summed E-state index contributed by atoms with van der Waals surface area (Å²) in [5.41, 5.74) is 2.15. The summed E-state index contributed by atoms with van der Waals surface area (Å²) in [5.74, 6) is -0.102. The first-order valence-corrected chi connectivity index (χ1v) is 8.49. The summed E-state index contributed by atoms with van der Waals surface area (Å²) in [6, 6.07) is 2.95. The zero-order chi connectivity index (χ0) is 15.6. The summed E-state index contributed by atoms with van der Waals surface area (Å²) in [7, 11) is -3.79. The van der Waals surface area contributed by atoms with E-state index in [0.717, 1.165) is 37.1 Å². The molecule has 1 fully saturated rings. The third-order valence-electron chi connectivity index (χ3n) is 3.94. The topological polar surface area (TPSA) is 101 Å². The summed E-state index contributed by atoms with van der Waals surface area (Å²) in [5, 5.41) is 11.2. The van der Waals surface area contributed by atoms with Crippen molar-refractivity contribution >= 4 is 21.6 Å². The van der Waals surface area contributed by atoms with E-state index < -0.39 is 10.0 Å². The van der Waals surface area contributed by atoms with Gasteiger partial charge in [-0.05, 0) is 63.0 Å². The Labute approximate surface area is 125 Å². The van der Waals surface area contributed by atoms with Gasteiger partial charge < -0.3 is 10.6 Å². The van der Waals surface area contributed by atoms with Gasteiger partial charge >= 0.3 is 0 Å². The molecule has 1 aromatic carbocycles. The van der Waals surface area contributed by atoms with Crippen molar-refractivity contribution in [3.05, 3.63) is 23.3 Å². The molecular weight excluding hydrogens is 290 g/mol. The Balaban J connectivity index is 2.26. The van der Waals surface area contributed by atoms with Crippen LogP contribution in [0.2, 0.25) is 0 Å². The molecule has 1 saturated heterocycles. The highest BCUT2D eigenvalue weighted by Gasteiger charge is 2.22. The number of sulfonamides is 1. The van der Waals surface area contributed by atoms with Gasteiger partial charge in [0.05, 0.1) is 4.90 Å². The average Bonchev–Trinajstić information content (AvgIpc) is 2.43. The fourth-order valence-electron chi connectivity index (χ4n) is 2.44. The molecule has 0 saturated carbocycles. The van der Waals surface area contributed by atoms with E-state index in [2.05, 4.69) is 10.6 Å². The number of benzene rings is 1. The molecule has 116 valence electrons. The molecule has 4 N–H and O–H groups in total. The Hall–Kier alpha value is -1.44. The second kappa shape index (κ2) is 6.13. The van der Waals surface area contributed by atoms with Crippen LogP contribution in [0.3, 0.4) is 0 Å². The van der Waals surface area contributed by atoms with Gasteiger partial charge in [0.25, 0.3) is 0 Å². The molecule has 21 heavy (non-hydrogen) atoms. The molecule has 0 bridgehead atoms. The standard InChI is InChI=1S/C14H21N3O3S/c1-9-7-12(21(15,19)20)8-13(10(9)2)17-14(18)11-3-5-16-6-4-11/h7-8,11,16H,3-6H2,1-2H3,(H,17,18)(H2,15,19,20). The van der Waals surface area contributed by atoms with Crippen molar-refractivity contribution in [3.63, 3.8) is 0 Å². The van der Waals surface area contributed by atoms with Crippen molar-refractivity contribution in [2.45, 2.75) is 31.6 Å². The number of anilines is 1. The lowest BCUT2D eigenvalue weighted by atomic mass is 9.97. The molecule has 0 atom stereocenters. The predicted molar refractivity (Wildman–Crippen MR) is 81.5 cm³/mol. The number of piperidine rings is 1. The average molecular weight is 311 g/mol. The Morgan fingerprint density at radius 1 is 1.29 bits per heavy atom. The van der Waals surface area contributed by atoms with Crippen LogP contribution in [0.25, 0.3) is 0 Å². The highest BCUT2D eigenvalue weighted by molar-refractivity contribution is 7.89. The zero-order valence-corrected chi connectivity index (χ0v) is 13.1. The minimum absolute atomic E-state index is 0.0196. The number of aryl methyl sites for hydroxylation is 1. The maximum absolute atomic E-state index is 12.3. The van der Waals surface area contributed by atoms with E-state index in [-0.39, 0.29) is 16.7 Å². The zero-order valence-electron chi connectivity index (χ0n) is 12.3. The quantitative estimate of drug-likeness (QED) is 0.771. The van der Waals surface area contributed by atoms with Gasteiger partial charge in [0.2, 0.25) is 15.9 Å². The Bertz CT molecular complexity index is 650. The minimum Gasteiger partial charge on any atom is -0.326 e. The molecule has 0 aromatic heterocycles. The van der Waals surface area contributed by atoms with Crippen LogP contribution in [0, 0.1) is 19.8 Å². The molecule has 0 aliphatic carbocycles. The molecule has 0 unspecified atom stereocenters. The fourth-order valence-corrected chi connectivity index (χ4v) is 3.06. The molecule has 1 aliphatic rings. The van der Waals surface area contributed by atoms with Crippen LogP contribution in [-0.2, 0) is 14.8 Å². The normalized spacial score (nSPS) is 16.7. The number of rotatable bonds is 3. The number of carbonyl (C=O) groups excluding carboxylic acids is 1. The lowest BCUT2D eigenvalue weighted by Gasteiger charge is -2.22. The van der Waals surface area contributed by atoms with Crippen molar-refractivity contribution in [3.8, 4) is 0 Å². The van der Waals surface area contributed by atoms with Crippen molar-refractivity contribution in [1.29, 1.82) is 0 Å². The maximum Gasteiger partial charge on any atom is 0.238 e. The van der Waals surface area contributed by atoms with E-state index in [1.807, 2.05) is 6.92 Å². The van der Waals surface area contributed by atoms with E-state index in [1.54, 1.807) is 6.92 Å². The van der Waals surface area contributed by atoms with Gasteiger partial charge in [-0.1, -0.05) is 0 Å². The maximum atomic E-state index is 12.3. The molecule has 6 nitrogen and oxygen atoms in total. The van der Waals surface area contributed by atoms with Gasteiger partial charge in [-0.3, -0.25) is 4.79 Å². The van der Waals surface area contributed by atoms with E-state index in [9.17, 15) is 13.2 Å². The monoisotopic (exact) mass is 311 g/mol. The summed E-state index contributed by atoms with van der Waals surface area (Å²) in [6.45, 7) is 5.30. The highest BCUT2D eigenvalue weighted by atomic mass is 32.2. The van der Waals surface area contributed by atoms with Crippen molar-refractivity contribution < 1.29 is 13.2 Å². The Morgan fingerprint density at radius 3 is 2.48 bits per heavy atom. The number of amides is 1. The molecular formula is C14H21N3O3S. The Kier molecular flexibility index (Phi) is 4.65. The molecule has 1 aromatic rings. The second-order valence-corrected chi connectivity index (χ2v) is 7.03. The van der Waals surface area contributed by atoms with Gasteiger partial charge in [-0.25, -0.2) is 13.6 Å². The molecule has 1 aliphatic heterocycles. The molecule has 0 radical (unpaired) electrons. The molecule has 1 amide bonds. The van der Waals surface area contributed by atoms with Crippen LogP contribution in [0.5, 0.6) is 0 Å². The number of nitrogens with one attached hydrogen (secondary N) is 2. The third-order valence-corrected chi connectivity index (χ3v) is 4.83. The van der Waals surface area contributed by atoms with Crippen LogP contribution < -0.4 is 15.8 Å². The van der Waals surface area contributed by atoms with Crippen molar-refractivity contribution in [1.82, 2.24) is 5.32 Å². The van der Waals surface area contributed by atoms with Gasteiger partial charge in [0.1, 0.15) is 0 Å². The van der Waals surface area contributed by atoms with Gasteiger partial charge in [0, 0.05) is 11.6 Å². The van der Waals surface area contributed by atoms with Crippen LogP contribution in [-0.4, -0.2) is 27.4 Å².